The minimum Gasteiger partial charge on any atom is -0.306 e. The lowest BCUT2D eigenvalue weighted by atomic mass is 10.00. The van der Waals surface area contributed by atoms with Crippen LogP contribution in [0.2, 0.25) is 0 Å². The highest BCUT2D eigenvalue weighted by Gasteiger charge is 2.20. The predicted molar refractivity (Wildman–Crippen MR) is 73.8 cm³/mol. The van der Waals surface area contributed by atoms with Gasteiger partial charge in [-0.25, -0.2) is 8.78 Å². The maximum absolute atomic E-state index is 13.6. The van der Waals surface area contributed by atoms with Crippen LogP contribution in [0.25, 0.3) is 0 Å². The lowest BCUT2D eigenvalue weighted by molar-refractivity contribution is 0.498. The van der Waals surface area contributed by atoms with Crippen LogP contribution < -0.4 is 5.32 Å². The molecule has 2 rings (SSSR count). The number of aromatic nitrogens is 1. The second kappa shape index (κ2) is 6.21. The van der Waals surface area contributed by atoms with Crippen molar-refractivity contribution in [2.45, 2.75) is 13.0 Å². The van der Waals surface area contributed by atoms with Gasteiger partial charge in [0.05, 0.1) is 10.5 Å². The van der Waals surface area contributed by atoms with E-state index in [1.165, 1.54) is 0 Å². The molecule has 2 aromatic rings. The van der Waals surface area contributed by atoms with Crippen molar-refractivity contribution in [3.8, 4) is 0 Å². The summed E-state index contributed by atoms with van der Waals surface area (Å²) in [6.45, 7) is 2.65. The van der Waals surface area contributed by atoms with Gasteiger partial charge in [-0.3, -0.25) is 4.98 Å². The second-order valence-electron chi connectivity index (χ2n) is 4.04. The zero-order chi connectivity index (χ0) is 13.8. The molecule has 0 spiro atoms. The number of benzene rings is 1. The Labute approximate surface area is 119 Å². The van der Waals surface area contributed by atoms with E-state index in [-0.39, 0.29) is 10.5 Å². The molecule has 1 unspecified atom stereocenters. The van der Waals surface area contributed by atoms with Gasteiger partial charge in [0.2, 0.25) is 0 Å². The third-order valence-corrected chi connectivity index (χ3v) is 3.61. The molecule has 0 saturated carbocycles. The quantitative estimate of drug-likeness (QED) is 0.864. The average Bonchev–Trinajstić information content (AvgIpc) is 2.44. The van der Waals surface area contributed by atoms with E-state index in [4.69, 9.17) is 0 Å². The summed E-state index contributed by atoms with van der Waals surface area (Å²) in [5.41, 5.74) is 1.55. The van der Waals surface area contributed by atoms with E-state index in [0.29, 0.717) is 12.1 Å². The van der Waals surface area contributed by atoms with Crippen LogP contribution in [0.4, 0.5) is 8.78 Å². The first-order valence-corrected chi connectivity index (χ1v) is 6.71. The van der Waals surface area contributed by atoms with E-state index in [1.807, 2.05) is 19.1 Å². The second-order valence-corrected chi connectivity index (χ2v) is 4.83. The van der Waals surface area contributed by atoms with Crippen LogP contribution in [0.1, 0.15) is 24.1 Å². The molecule has 100 valence electrons. The first-order chi connectivity index (χ1) is 9.15. The van der Waals surface area contributed by atoms with Gasteiger partial charge in [-0.1, -0.05) is 19.1 Å². The van der Waals surface area contributed by atoms with E-state index in [9.17, 15) is 8.78 Å². The van der Waals surface area contributed by atoms with Gasteiger partial charge in [0.15, 0.2) is 11.6 Å². The fraction of sp³-hybridized carbons (Fsp3) is 0.214. The van der Waals surface area contributed by atoms with Crippen LogP contribution in [0.5, 0.6) is 0 Å². The topological polar surface area (TPSA) is 24.9 Å². The minimum atomic E-state index is -0.871. The van der Waals surface area contributed by atoms with E-state index >= 15 is 0 Å². The number of nitrogens with zero attached hydrogens (tertiary/aromatic N) is 1. The maximum atomic E-state index is 13.6. The van der Waals surface area contributed by atoms with Crippen LogP contribution in [0, 0.1) is 11.6 Å². The van der Waals surface area contributed by atoms with Crippen LogP contribution in [-0.2, 0) is 0 Å². The lowest BCUT2D eigenvalue weighted by Gasteiger charge is -2.20. The van der Waals surface area contributed by atoms with Crippen LogP contribution in [0.15, 0.2) is 41.1 Å². The Morgan fingerprint density at radius 2 is 2.11 bits per heavy atom. The normalized spacial score (nSPS) is 12.4. The Hall–Kier alpha value is -1.33. The molecule has 0 aliphatic rings. The van der Waals surface area contributed by atoms with E-state index < -0.39 is 11.6 Å². The van der Waals surface area contributed by atoms with Crippen LogP contribution in [-0.4, -0.2) is 11.5 Å². The minimum absolute atomic E-state index is 0.141. The van der Waals surface area contributed by atoms with Gasteiger partial charge in [0.25, 0.3) is 0 Å². The number of rotatable bonds is 4. The van der Waals surface area contributed by atoms with Gasteiger partial charge in [-0.15, -0.1) is 0 Å². The summed E-state index contributed by atoms with van der Waals surface area (Å²) in [6.07, 6.45) is 3.38. The van der Waals surface area contributed by atoms with Crippen molar-refractivity contribution in [3.63, 3.8) is 0 Å². The first kappa shape index (κ1) is 14.1. The highest BCUT2D eigenvalue weighted by Crippen LogP contribution is 2.31. The van der Waals surface area contributed by atoms with Gasteiger partial charge in [0.1, 0.15) is 0 Å². The van der Waals surface area contributed by atoms with E-state index in [1.54, 1.807) is 18.5 Å². The average molecular weight is 327 g/mol. The number of halogens is 3. The van der Waals surface area contributed by atoms with Crippen molar-refractivity contribution in [3.05, 3.63) is 63.9 Å². The van der Waals surface area contributed by atoms with Crippen LogP contribution in [0.3, 0.4) is 0 Å². The lowest BCUT2D eigenvalue weighted by Crippen LogP contribution is -2.22. The molecular weight excluding hydrogens is 314 g/mol. The third kappa shape index (κ3) is 2.98. The molecule has 1 N–H and O–H groups in total. The van der Waals surface area contributed by atoms with Crippen molar-refractivity contribution in [2.24, 2.45) is 0 Å². The van der Waals surface area contributed by atoms with E-state index in [2.05, 4.69) is 26.2 Å². The molecule has 0 radical (unpaired) electrons. The Kier molecular flexibility index (Phi) is 4.61. The summed E-state index contributed by atoms with van der Waals surface area (Å²) < 4.78 is 27.0. The fourth-order valence-electron chi connectivity index (χ4n) is 1.92. The van der Waals surface area contributed by atoms with Crippen molar-refractivity contribution in [2.75, 3.05) is 6.54 Å². The van der Waals surface area contributed by atoms with Crippen molar-refractivity contribution in [1.82, 2.24) is 10.3 Å². The largest absolute Gasteiger partial charge is 0.306 e. The molecule has 1 aromatic carbocycles. The number of hydrogen-bond acceptors (Lipinski definition) is 2. The smallest absolute Gasteiger partial charge is 0.173 e. The molecule has 5 heteroatoms. The number of hydrogen-bond donors (Lipinski definition) is 1. The Balaban J connectivity index is 2.49. The molecule has 1 atom stereocenters. The molecule has 1 aromatic heterocycles. The predicted octanol–water partition coefficient (Wildman–Crippen LogP) is 3.82. The van der Waals surface area contributed by atoms with Crippen molar-refractivity contribution in [1.29, 1.82) is 0 Å². The summed E-state index contributed by atoms with van der Waals surface area (Å²) in [6, 6.07) is 6.18. The number of pyridine rings is 1. The molecule has 0 fully saturated rings. The Bertz CT molecular complexity index is 561. The third-order valence-electron chi connectivity index (χ3n) is 2.80. The summed E-state index contributed by atoms with van der Waals surface area (Å²) >= 11 is 3.12. The molecule has 0 amide bonds. The SMILES string of the molecule is CCNC(c1cccnc1)c1ccc(F)c(F)c1Br. The Morgan fingerprint density at radius 3 is 2.74 bits per heavy atom. The standard InChI is InChI=1S/C14H13BrF2N2/c1-2-19-14(9-4-3-7-18-8-9)10-5-6-11(16)13(17)12(10)15/h3-8,14,19H,2H2,1H3. The molecule has 19 heavy (non-hydrogen) atoms. The van der Waals surface area contributed by atoms with Crippen molar-refractivity contribution < 1.29 is 8.78 Å². The highest BCUT2D eigenvalue weighted by molar-refractivity contribution is 9.10. The summed E-state index contributed by atoms with van der Waals surface area (Å²) in [5.74, 6) is -1.73. The fourth-order valence-corrected chi connectivity index (χ4v) is 2.47. The van der Waals surface area contributed by atoms with Gasteiger partial charge < -0.3 is 5.32 Å². The van der Waals surface area contributed by atoms with Crippen molar-refractivity contribution >= 4 is 15.9 Å². The van der Waals surface area contributed by atoms with Crippen LogP contribution >= 0.6 is 15.9 Å². The highest BCUT2D eigenvalue weighted by atomic mass is 79.9. The number of nitrogens with one attached hydrogen (secondary N) is 1. The summed E-state index contributed by atoms with van der Waals surface area (Å²) in [7, 11) is 0. The molecular formula is C14H13BrF2N2. The zero-order valence-corrected chi connectivity index (χ0v) is 11.9. The molecule has 0 bridgehead atoms. The molecule has 0 saturated heterocycles. The molecule has 1 heterocycles. The molecule has 0 aliphatic carbocycles. The molecule has 0 aliphatic heterocycles. The van der Waals surface area contributed by atoms with Gasteiger partial charge in [0, 0.05) is 12.4 Å². The summed E-state index contributed by atoms with van der Waals surface area (Å²) in [4.78, 5) is 4.06. The van der Waals surface area contributed by atoms with E-state index in [0.717, 1.165) is 11.6 Å². The van der Waals surface area contributed by atoms with Gasteiger partial charge in [-0.05, 0) is 45.7 Å². The maximum Gasteiger partial charge on any atom is 0.173 e. The summed E-state index contributed by atoms with van der Waals surface area (Å²) in [5, 5.41) is 3.24. The first-order valence-electron chi connectivity index (χ1n) is 5.91. The monoisotopic (exact) mass is 326 g/mol. The zero-order valence-electron chi connectivity index (χ0n) is 10.3. The van der Waals surface area contributed by atoms with Gasteiger partial charge >= 0.3 is 0 Å². The van der Waals surface area contributed by atoms with Gasteiger partial charge in [-0.2, -0.15) is 0 Å². The Morgan fingerprint density at radius 1 is 1.32 bits per heavy atom. The molecule has 2 nitrogen and oxygen atoms in total.